The number of hydrogen-bond donors (Lipinski definition) is 0. The van der Waals surface area contributed by atoms with Crippen molar-refractivity contribution in [3.05, 3.63) is 216 Å². The average Bonchev–Trinajstić information content (AvgIpc) is 3.21. The van der Waals surface area contributed by atoms with Crippen molar-refractivity contribution in [1.82, 2.24) is 0 Å². The molecular formula is C51H32. The summed E-state index contributed by atoms with van der Waals surface area (Å²) in [7, 11) is 0. The Kier molecular flexibility index (Phi) is 5.97. The second-order valence-electron chi connectivity index (χ2n) is 14.0. The molecule has 0 heterocycles. The van der Waals surface area contributed by atoms with E-state index in [9.17, 15) is 0 Å². The van der Waals surface area contributed by atoms with Crippen molar-refractivity contribution in [1.29, 1.82) is 0 Å². The third-order valence-corrected chi connectivity index (χ3v) is 11.5. The summed E-state index contributed by atoms with van der Waals surface area (Å²) in [6, 6.07) is 72.4. The van der Waals surface area contributed by atoms with Crippen molar-refractivity contribution in [2.45, 2.75) is 5.41 Å². The summed E-state index contributed by atoms with van der Waals surface area (Å²) in [5, 5.41) is 10.5. The third-order valence-electron chi connectivity index (χ3n) is 11.5. The van der Waals surface area contributed by atoms with Gasteiger partial charge in [-0.25, -0.2) is 0 Å². The second-order valence-corrected chi connectivity index (χ2v) is 14.0. The van der Waals surface area contributed by atoms with E-state index < -0.39 is 5.41 Å². The molecule has 0 unspecified atom stereocenters. The summed E-state index contributed by atoms with van der Waals surface area (Å²) >= 11 is 0. The van der Waals surface area contributed by atoms with Gasteiger partial charge in [-0.1, -0.05) is 188 Å². The van der Waals surface area contributed by atoms with Crippen LogP contribution in [-0.4, -0.2) is 0 Å². The van der Waals surface area contributed by atoms with Crippen LogP contribution in [0.5, 0.6) is 0 Å². The van der Waals surface area contributed by atoms with Gasteiger partial charge in [-0.2, -0.15) is 0 Å². The van der Waals surface area contributed by atoms with Crippen LogP contribution in [0.3, 0.4) is 0 Å². The fraction of sp³-hybridized carbons (Fsp3) is 0.0196. The van der Waals surface area contributed by atoms with Crippen LogP contribution in [0.1, 0.15) is 22.3 Å². The van der Waals surface area contributed by atoms with Crippen molar-refractivity contribution in [3.8, 4) is 33.4 Å². The molecule has 0 saturated carbocycles. The minimum absolute atomic E-state index is 0.471. The maximum Gasteiger partial charge on any atom is 0.0713 e. The van der Waals surface area contributed by atoms with Crippen LogP contribution < -0.4 is 0 Å². The molecule has 0 nitrogen and oxygen atoms in total. The van der Waals surface area contributed by atoms with Gasteiger partial charge < -0.3 is 0 Å². The molecule has 0 saturated heterocycles. The van der Waals surface area contributed by atoms with Gasteiger partial charge in [0.25, 0.3) is 0 Å². The highest BCUT2D eigenvalue weighted by molar-refractivity contribution is 6.27. The lowest BCUT2D eigenvalue weighted by Crippen LogP contribution is -2.33. The van der Waals surface area contributed by atoms with Crippen molar-refractivity contribution < 1.29 is 0 Å². The Morgan fingerprint density at radius 3 is 1.43 bits per heavy atom. The zero-order chi connectivity index (χ0) is 33.5. The molecule has 0 amide bonds. The molecule has 0 radical (unpaired) electrons. The highest BCUT2D eigenvalue weighted by Crippen LogP contribution is 2.56. The average molecular weight is 645 g/mol. The van der Waals surface area contributed by atoms with Crippen LogP contribution >= 0.6 is 0 Å². The van der Waals surface area contributed by atoms with Gasteiger partial charge in [0.1, 0.15) is 0 Å². The Morgan fingerprint density at radius 1 is 0.275 bits per heavy atom. The first-order chi connectivity index (χ1) is 25.3. The van der Waals surface area contributed by atoms with Gasteiger partial charge >= 0.3 is 0 Å². The third kappa shape index (κ3) is 3.91. The first-order valence-electron chi connectivity index (χ1n) is 17.9. The van der Waals surface area contributed by atoms with Crippen LogP contribution in [0, 0.1) is 0 Å². The van der Waals surface area contributed by atoms with E-state index in [4.69, 9.17) is 0 Å². The van der Waals surface area contributed by atoms with Crippen LogP contribution in [0.15, 0.2) is 194 Å². The Hall–Kier alpha value is -6.50. The van der Waals surface area contributed by atoms with Gasteiger partial charge in [0.05, 0.1) is 5.41 Å². The van der Waals surface area contributed by atoms with Crippen molar-refractivity contribution in [2.24, 2.45) is 0 Å². The smallest absolute Gasteiger partial charge is 0.0622 e. The largest absolute Gasteiger partial charge is 0.0713 e. The number of benzene rings is 10. The Morgan fingerprint density at radius 2 is 0.804 bits per heavy atom. The maximum absolute atomic E-state index is 2.47. The molecule has 1 aliphatic rings. The molecule has 1 aliphatic carbocycles. The molecule has 0 atom stereocenters. The van der Waals surface area contributed by atoms with Gasteiger partial charge in [-0.05, 0) is 105 Å². The Balaban J connectivity index is 1.22. The van der Waals surface area contributed by atoms with Gasteiger partial charge in [0.15, 0.2) is 0 Å². The fourth-order valence-corrected chi connectivity index (χ4v) is 9.37. The fourth-order valence-electron chi connectivity index (χ4n) is 9.37. The molecule has 0 aliphatic heterocycles. The predicted molar refractivity (Wildman–Crippen MR) is 216 cm³/mol. The molecule has 236 valence electrons. The summed E-state index contributed by atoms with van der Waals surface area (Å²) in [5.41, 5.74) is 12.4. The monoisotopic (exact) mass is 644 g/mol. The van der Waals surface area contributed by atoms with E-state index >= 15 is 0 Å². The normalized spacial score (nSPS) is 13.3. The lowest BCUT2D eigenvalue weighted by atomic mass is 9.59. The summed E-state index contributed by atoms with van der Waals surface area (Å²) in [5.74, 6) is 0. The molecule has 0 aromatic heterocycles. The van der Waals surface area contributed by atoms with E-state index in [-0.39, 0.29) is 0 Å². The summed E-state index contributed by atoms with van der Waals surface area (Å²) in [6.07, 6.45) is 0. The van der Waals surface area contributed by atoms with Gasteiger partial charge in [-0.15, -0.1) is 0 Å². The molecule has 11 rings (SSSR count). The number of hydrogen-bond acceptors (Lipinski definition) is 0. The number of rotatable bonds is 4. The molecule has 0 heteroatoms. The predicted octanol–water partition coefficient (Wildman–Crippen LogP) is 13.4. The van der Waals surface area contributed by atoms with E-state index in [1.807, 2.05) is 0 Å². The van der Waals surface area contributed by atoms with Crippen LogP contribution in [0.25, 0.3) is 76.5 Å². The Bertz CT molecular complexity index is 2890. The zero-order valence-electron chi connectivity index (χ0n) is 28.0. The lowest BCUT2D eigenvalue weighted by molar-refractivity contribution is 0.750. The van der Waals surface area contributed by atoms with E-state index in [0.717, 1.165) is 0 Å². The first-order valence-corrected chi connectivity index (χ1v) is 17.9. The summed E-state index contributed by atoms with van der Waals surface area (Å²) < 4.78 is 0. The van der Waals surface area contributed by atoms with Gasteiger partial charge in [-0.3, -0.25) is 0 Å². The van der Waals surface area contributed by atoms with Crippen molar-refractivity contribution in [3.63, 3.8) is 0 Å². The van der Waals surface area contributed by atoms with E-state index in [2.05, 4.69) is 194 Å². The zero-order valence-corrected chi connectivity index (χ0v) is 28.0. The summed E-state index contributed by atoms with van der Waals surface area (Å²) in [6.45, 7) is 0. The molecule has 0 N–H and O–H groups in total. The van der Waals surface area contributed by atoms with Gasteiger partial charge in [0.2, 0.25) is 0 Å². The Labute approximate surface area is 297 Å². The highest BCUT2D eigenvalue weighted by Gasteiger charge is 2.44. The first kappa shape index (κ1) is 28.3. The quantitative estimate of drug-likeness (QED) is 0.167. The molecule has 0 bridgehead atoms. The lowest BCUT2D eigenvalue weighted by Gasteiger charge is -2.42. The molecule has 10 aromatic rings. The SMILES string of the molecule is c1ccc(-c2ccc3ccc4c(-c5ccc6c(c5)-c5cccc7cccc(c57)C6(c5ccccc5)c5ccccc5)ccc5ccc2c3c54)cc1. The molecular weight excluding hydrogens is 613 g/mol. The molecule has 0 fully saturated rings. The minimum atomic E-state index is -0.471. The van der Waals surface area contributed by atoms with E-state index in [1.54, 1.807) is 0 Å². The van der Waals surface area contributed by atoms with E-state index in [1.165, 1.54) is 98.7 Å². The van der Waals surface area contributed by atoms with E-state index in [0.29, 0.717) is 0 Å². The maximum atomic E-state index is 2.47. The van der Waals surface area contributed by atoms with Crippen LogP contribution in [-0.2, 0) is 5.41 Å². The molecule has 51 heavy (non-hydrogen) atoms. The minimum Gasteiger partial charge on any atom is -0.0622 e. The van der Waals surface area contributed by atoms with Crippen LogP contribution in [0.2, 0.25) is 0 Å². The standard InChI is InChI=1S/C51H32/c1-4-12-33(13-5-1)40-27-22-35-25-30-44-41(28-23-36-24-29-43(40)49(35)50(36)44)37-26-31-46-45(32-37)42-20-10-14-34-15-11-21-47(48(34)42)51(46,38-16-6-2-7-17-38)39-18-8-3-9-19-39/h1-32H. The van der Waals surface area contributed by atoms with Crippen molar-refractivity contribution >= 4 is 43.1 Å². The van der Waals surface area contributed by atoms with Crippen LogP contribution in [0.4, 0.5) is 0 Å². The van der Waals surface area contributed by atoms with Gasteiger partial charge in [0, 0.05) is 0 Å². The molecule has 10 aromatic carbocycles. The van der Waals surface area contributed by atoms with Crippen molar-refractivity contribution in [2.75, 3.05) is 0 Å². The number of fused-ring (bicyclic) bond motifs is 2. The molecule has 0 spiro atoms. The highest BCUT2D eigenvalue weighted by atomic mass is 14.4. The topological polar surface area (TPSA) is 0 Å². The summed E-state index contributed by atoms with van der Waals surface area (Å²) in [4.78, 5) is 0. The second kappa shape index (κ2) is 10.7.